The van der Waals surface area contributed by atoms with Gasteiger partial charge in [0.1, 0.15) is 12.1 Å². The van der Waals surface area contributed by atoms with E-state index in [1.807, 2.05) is 44.2 Å². The summed E-state index contributed by atoms with van der Waals surface area (Å²) >= 11 is 0. The van der Waals surface area contributed by atoms with Gasteiger partial charge in [0.15, 0.2) is 0 Å². The molecule has 1 aliphatic rings. The van der Waals surface area contributed by atoms with Crippen LogP contribution in [0, 0.1) is 5.92 Å². The zero-order valence-electron chi connectivity index (χ0n) is 14.5. The van der Waals surface area contributed by atoms with Gasteiger partial charge in [-0.2, -0.15) is 0 Å². The van der Waals surface area contributed by atoms with Crippen molar-refractivity contribution in [1.29, 1.82) is 0 Å². The minimum atomic E-state index is -0.582. The van der Waals surface area contributed by atoms with Crippen LogP contribution in [0.15, 0.2) is 30.3 Å². The van der Waals surface area contributed by atoms with Gasteiger partial charge in [-0.05, 0) is 17.9 Å². The van der Waals surface area contributed by atoms with Crippen LogP contribution in [0.3, 0.4) is 0 Å². The Bertz CT molecular complexity index is 547. The van der Waals surface area contributed by atoms with Gasteiger partial charge in [-0.3, -0.25) is 4.79 Å². The number of hydrogen-bond donors (Lipinski definition) is 1. The van der Waals surface area contributed by atoms with Crippen LogP contribution < -0.4 is 5.32 Å². The number of benzene rings is 1. The summed E-state index contributed by atoms with van der Waals surface area (Å²) in [5.74, 6) is 0.195. The molecule has 1 aromatic rings. The fraction of sp³-hybridized carbons (Fsp3) is 0.556. The smallest absolute Gasteiger partial charge is 0.407 e. The number of nitrogens with zero attached hydrogens (tertiary/aromatic N) is 1. The number of morpholine rings is 1. The van der Waals surface area contributed by atoms with Gasteiger partial charge in [-0.25, -0.2) is 4.79 Å². The lowest BCUT2D eigenvalue weighted by Gasteiger charge is -2.35. The molecule has 132 valence electrons. The first kappa shape index (κ1) is 18.3. The van der Waals surface area contributed by atoms with Crippen molar-refractivity contribution < 1.29 is 19.1 Å². The first-order valence-corrected chi connectivity index (χ1v) is 8.31. The molecule has 0 aromatic heterocycles. The van der Waals surface area contributed by atoms with Crippen LogP contribution >= 0.6 is 0 Å². The van der Waals surface area contributed by atoms with Crippen molar-refractivity contribution in [1.82, 2.24) is 10.2 Å². The summed E-state index contributed by atoms with van der Waals surface area (Å²) in [6.07, 6.45) is -0.148. The summed E-state index contributed by atoms with van der Waals surface area (Å²) in [5.41, 5.74) is 1.05. The van der Waals surface area contributed by atoms with Crippen molar-refractivity contribution in [2.75, 3.05) is 26.8 Å². The fourth-order valence-electron chi connectivity index (χ4n) is 2.83. The Kier molecular flexibility index (Phi) is 6.61. The normalized spacial score (nSPS) is 19.0. The van der Waals surface area contributed by atoms with Gasteiger partial charge in [0.05, 0.1) is 20.3 Å². The van der Waals surface area contributed by atoms with Crippen molar-refractivity contribution in [3.63, 3.8) is 0 Å². The third-order valence-corrected chi connectivity index (χ3v) is 4.03. The second-order valence-corrected chi connectivity index (χ2v) is 6.37. The van der Waals surface area contributed by atoms with Crippen molar-refractivity contribution >= 4 is 12.0 Å². The quantitative estimate of drug-likeness (QED) is 0.897. The van der Waals surface area contributed by atoms with E-state index >= 15 is 0 Å². The van der Waals surface area contributed by atoms with Gasteiger partial charge in [-0.15, -0.1) is 0 Å². The molecule has 0 unspecified atom stereocenters. The highest BCUT2D eigenvalue weighted by atomic mass is 16.5. The van der Waals surface area contributed by atoms with Crippen molar-refractivity contribution in [3.8, 4) is 0 Å². The average Bonchev–Trinajstić information content (AvgIpc) is 2.61. The minimum absolute atomic E-state index is 0.0849. The standard InChI is InChI=1S/C18H26N2O4/c1-13(2)11-15(19-18(22)23-3)17(21)20-9-10-24-16(12-20)14-7-5-4-6-8-14/h4-8,13,15-16H,9-12H2,1-3H3,(H,19,22)/t15-,16+/m1/s1. The van der Waals surface area contributed by atoms with E-state index in [0.717, 1.165) is 5.56 Å². The van der Waals surface area contributed by atoms with Gasteiger partial charge in [0, 0.05) is 6.54 Å². The number of ether oxygens (including phenoxy) is 2. The van der Waals surface area contributed by atoms with E-state index in [2.05, 4.69) is 10.1 Å². The number of alkyl carbamates (subject to hydrolysis) is 1. The van der Waals surface area contributed by atoms with Gasteiger partial charge >= 0.3 is 6.09 Å². The van der Waals surface area contributed by atoms with Crippen molar-refractivity contribution in [2.45, 2.75) is 32.4 Å². The lowest BCUT2D eigenvalue weighted by atomic mass is 10.0. The number of carbonyl (C=O) groups excluding carboxylic acids is 2. The van der Waals surface area contributed by atoms with Crippen molar-refractivity contribution in [2.24, 2.45) is 5.92 Å². The van der Waals surface area contributed by atoms with E-state index in [1.54, 1.807) is 4.90 Å². The lowest BCUT2D eigenvalue weighted by Crippen LogP contribution is -2.52. The maximum absolute atomic E-state index is 12.9. The fourth-order valence-corrected chi connectivity index (χ4v) is 2.83. The summed E-state index contributed by atoms with van der Waals surface area (Å²) in [6.45, 7) is 5.54. The zero-order valence-corrected chi connectivity index (χ0v) is 14.5. The summed E-state index contributed by atoms with van der Waals surface area (Å²) in [5, 5.41) is 2.66. The Morgan fingerprint density at radius 2 is 2.04 bits per heavy atom. The summed E-state index contributed by atoms with van der Waals surface area (Å²) in [7, 11) is 1.30. The predicted molar refractivity (Wildman–Crippen MR) is 90.5 cm³/mol. The van der Waals surface area contributed by atoms with Gasteiger partial charge in [0.25, 0.3) is 0 Å². The summed E-state index contributed by atoms with van der Waals surface area (Å²) < 4.78 is 10.4. The maximum Gasteiger partial charge on any atom is 0.407 e. The van der Waals surface area contributed by atoms with Crippen molar-refractivity contribution in [3.05, 3.63) is 35.9 Å². The molecule has 0 aliphatic carbocycles. The number of nitrogens with one attached hydrogen (secondary N) is 1. The van der Waals surface area contributed by atoms with E-state index in [1.165, 1.54) is 7.11 Å². The topological polar surface area (TPSA) is 67.9 Å². The number of hydrogen-bond acceptors (Lipinski definition) is 4. The molecular weight excluding hydrogens is 308 g/mol. The van der Waals surface area contributed by atoms with E-state index in [4.69, 9.17) is 4.74 Å². The molecule has 1 heterocycles. The van der Waals surface area contributed by atoms with Crippen LogP contribution in [0.2, 0.25) is 0 Å². The van der Waals surface area contributed by atoms with E-state index < -0.39 is 12.1 Å². The molecular formula is C18H26N2O4. The Hall–Kier alpha value is -2.08. The molecule has 2 amide bonds. The van der Waals surface area contributed by atoms with Crippen LogP contribution in [0.4, 0.5) is 4.79 Å². The highest BCUT2D eigenvalue weighted by molar-refractivity contribution is 5.85. The SMILES string of the molecule is COC(=O)N[C@H](CC(C)C)C(=O)N1CCO[C@H](c2ccccc2)C1. The number of methoxy groups -OCH3 is 1. The zero-order chi connectivity index (χ0) is 17.5. The van der Waals surface area contributed by atoms with Crippen LogP contribution in [0.1, 0.15) is 31.9 Å². The Morgan fingerprint density at radius 3 is 2.67 bits per heavy atom. The number of carbonyl (C=O) groups is 2. The Labute approximate surface area is 143 Å². The summed E-state index contributed by atoms with van der Waals surface area (Å²) in [6, 6.07) is 9.29. The van der Waals surface area contributed by atoms with Gasteiger partial charge < -0.3 is 19.7 Å². The third kappa shape index (κ3) is 4.96. The second-order valence-electron chi connectivity index (χ2n) is 6.37. The third-order valence-electron chi connectivity index (χ3n) is 4.03. The average molecular weight is 334 g/mol. The molecule has 0 bridgehead atoms. The molecule has 1 N–H and O–H groups in total. The molecule has 6 heteroatoms. The molecule has 24 heavy (non-hydrogen) atoms. The molecule has 2 rings (SSSR count). The summed E-state index contributed by atoms with van der Waals surface area (Å²) in [4.78, 5) is 26.2. The largest absolute Gasteiger partial charge is 0.453 e. The van der Waals surface area contributed by atoms with Crippen LogP contribution in [-0.4, -0.2) is 49.7 Å². The van der Waals surface area contributed by atoms with Crippen LogP contribution in [-0.2, 0) is 14.3 Å². The molecule has 0 radical (unpaired) electrons. The molecule has 1 aliphatic heterocycles. The molecule has 2 atom stereocenters. The maximum atomic E-state index is 12.9. The molecule has 0 spiro atoms. The number of amides is 2. The highest BCUT2D eigenvalue weighted by Gasteiger charge is 2.31. The molecule has 1 saturated heterocycles. The van der Waals surface area contributed by atoms with Gasteiger partial charge in [-0.1, -0.05) is 44.2 Å². The van der Waals surface area contributed by atoms with E-state index in [-0.39, 0.29) is 17.9 Å². The Morgan fingerprint density at radius 1 is 1.33 bits per heavy atom. The van der Waals surface area contributed by atoms with E-state index in [0.29, 0.717) is 26.1 Å². The highest BCUT2D eigenvalue weighted by Crippen LogP contribution is 2.23. The predicted octanol–water partition coefficient (Wildman–Crippen LogP) is 2.36. The lowest BCUT2D eigenvalue weighted by molar-refractivity contribution is -0.141. The molecule has 0 saturated carbocycles. The van der Waals surface area contributed by atoms with Crippen LogP contribution in [0.5, 0.6) is 0 Å². The first-order valence-electron chi connectivity index (χ1n) is 8.31. The number of rotatable bonds is 5. The monoisotopic (exact) mass is 334 g/mol. The molecule has 6 nitrogen and oxygen atoms in total. The minimum Gasteiger partial charge on any atom is -0.453 e. The van der Waals surface area contributed by atoms with E-state index in [9.17, 15) is 9.59 Å². The molecule has 1 fully saturated rings. The first-order chi connectivity index (χ1) is 11.5. The van der Waals surface area contributed by atoms with Gasteiger partial charge in [0.2, 0.25) is 5.91 Å². The van der Waals surface area contributed by atoms with Crippen LogP contribution in [0.25, 0.3) is 0 Å². The molecule has 1 aromatic carbocycles. The Balaban J connectivity index is 2.06. The second kappa shape index (κ2) is 8.68.